The highest BCUT2D eigenvalue weighted by Crippen LogP contribution is 2.36. The molecule has 1 aliphatic rings. The molecule has 0 spiro atoms. The number of nitrogens with zero attached hydrogens (tertiary/aromatic N) is 4. The lowest BCUT2D eigenvalue weighted by atomic mass is 9.94. The fraction of sp³-hybridized carbons (Fsp3) is 0.450. The number of likely N-dealkylation sites (tertiary alicyclic amines) is 1. The molecule has 6 heteroatoms. The number of hydrogen-bond donors (Lipinski definition) is 0. The SMILES string of the molecule is COc1cc(C(=O)N(C)C[C@@H]2CCN(C)[C@H]2c2cccnc2)cc(C)n1. The van der Waals surface area contributed by atoms with E-state index in [4.69, 9.17) is 4.74 Å². The third kappa shape index (κ3) is 3.85. The Morgan fingerprint density at radius 2 is 2.23 bits per heavy atom. The van der Waals surface area contributed by atoms with Gasteiger partial charge < -0.3 is 9.64 Å². The van der Waals surface area contributed by atoms with Crippen LogP contribution in [0.3, 0.4) is 0 Å². The van der Waals surface area contributed by atoms with Crippen molar-refractivity contribution in [3.63, 3.8) is 0 Å². The molecule has 3 rings (SSSR count). The number of aromatic nitrogens is 2. The number of pyridine rings is 2. The maximum atomic E-state index is 12.9. The van der Waals surface area contributed by atoms with Gasteiger partial charge >= 0.3 is 0 Å². The summed E-state index contributed by atoms with van der Waals surface area (Å²) < 4.78 is 5.19. The topological polar surface area (TPSA) is 58.6 Å². The minimum atomic E-state index is -0.00621. The van der Waals surface area contributed by atoms with Crippen molar-refractivity contribution >= 4 is 5.91 Å². The Labute approximate surface area is 154 Å². The Kier molecular flexibility index (Phi) is 5.52. The molecule has 0 N–H and O–H groups in total. The van der Waals surface area contributed by atoms with Gasteiger partial charge in [-0.15, -0.1) is 0 Å². The van der Waals surface area contributed by atoms with Crippen LogP contribution >= 0.6 is 0 Å². The van der Waals surface area contributed by atoms with Crippen LogP contribution in [0.25, 0.3) is 0 Å². The average Bonchev–Trinajstić information content (AvgIpc) is 3.01. The zero-order valence-corrected chi connectivity index (χ0v) is 15.8. The molecule has 3 heterocycles. The Bertz CT molecular complexity index is 766. The van der Waals surface area contributed by atoms with E-state index in [1.807, 2.05) is 26.2 Å². The molecular formula is C20H26N4O2. The van der Waals surface area contributed by atoms with Crippen LogP contribution in [0.2, 0.25) is 0 Å². The van der Waals surface area contributed by atoms with Gasteiger partial charge in [-0.3, -0.25) is 14.7 Å². The van der Waals surface area contributed by atoms with Crippen molar-refractivity contribution in [2.24, 2.45) is 5.92 Å². The van der Waals surface area contributed by atoms with E-state index in [-0.39, 0.29) is 11.9 Å². The van der Waals surface area contributed by atoms with Crippen molar-refractivity contribution in [3.05, 3.63) is 53.5 Å². The molecule has 2 atom stereocenters. The van der Waals surface area contributed by atoms with E-state index in [1.165, 1.54) is 5.56 Å². The number of hydrogen-bond acceptors (Lipinski definition) is 5. The molecule has 0 bridgehead atoms. The van der Waals surface area contributed by atoms with Crippen LogP contribution in [-0.2, 0) is 0 Å². The second-order valence-corrected chi connectivity index (χ2v) is 6.99. The van der Waals surface area contributed by atoms with E-state index < -0.39 is 0 Å². The van der Waals surface area contributed by atoms with E-state index in [2.05, 4.69) is 28.0 Å². The predicted octanol–water partition coefficient (Wildman–Crippen LogP) is 2.56. The highest BCUT2D eigenvalue weighted by molar-refractivity contribution is 5.94. The quantitative estimate of drug-likeness (QED) is 0.826. The summed E-state index contributed by atoms with van der Waals surface area (Å²) in [6.45, 7) is 3.59. The molecule has 1 amide bonds. The van der Waals surface area contributed by atoms with Gasteiger partial charge in [0.15, 0.2) is 0 Å². The summed E-state index contributed by atoms with van der Waals surface area (Å²) in [5.74, 6) is 0.840. The molecule has 0 radical (unpaired) electrons. The van der Waals surface area contributed by atoms with Crippen LogP contribution in [-0.4, -0.2) is 60.0 Å². The molecule has 1 fully saturated rings. The van der Waals surface area contributed by atoms with Crippen molar-refractivity contribution in [3.8, 4) is 5.88 Å². The Hall–Kier alpha value is -2.47. The zero-order chi connectivity index (χ0) is 18.7. The number of ether oxygens (including phenoxy) is 1. The van der Waals surface area contributed by atoms with Crippen LogP contribution in [0.1, 0.15) is 34.1 Å². The first-order valence-electron chi connectivity index (χ1n) is 8.88. The number of methoxy groups -OCH3 is 1. The lowest BCUT2D eigenvalue weighted by Crippen LogP contribution is -2.34. The van der Waals surface area contributed by atoms with Crippen LogP contribution in [0.4, 0.5) is 0 Å². The summed E-state index contributed by atoms with van der Waals surface area (Å²) in [7, 11) is 5.56. The van der Waals surface area contributed by atoms with Crippen molar-refractivity contribution in [1.82, 2.24) is 19.8 Å². The third-order valence-electron chi connectivity index (χ3n) is 5.04. The van der Waals surface area contributed by atoms with Crippen molar-refractivity contribution in [2.45, 2.75) is 19.4 Å². The number of amides is 1. The lowest BCUT2D eigenvalue weighted by Gasteiger charge is -2.28. The minimum absolute atomic E-state index is 0.00621. The molecule has 2 aromatic rings. The first-order valence-corrected chi connectivity index (χ1v) is 8.88. The van der Waals surface area contributed by atoms with Gasteiger partial charge in [-0.25, -0.2) is 4.98 Å². The smallest absolute Gasteiger partial charge is 0.253 e. The summed E-state index contributed by atoms with van der Waals surface area (Å²) >= 11 is 0. The highest BCUT2D eigenvalue weighted by atomic mass is 16.5. The zero-order valence-electron chi connectivity index (χ0n) is 15.8. The standard InChI is InChI=1S/C20H26N4O2/c1-14-10-17(11-18(22-14)26-4)20(25)24(3)13-16-7-9-23(2)19(16)15-6-5-8-21-12-15/h5-6,8,10-12,16,19H,7,9,13H2,1-4H3/t16-,19-/m0/s1. The van der Waals surface area contributed by atoms with E-state index in [1.54, 1.807) is 30.3 Å². The minimum Gasteiger partial charge on any atom is -0.481 e. The summed E-state index contributed by atoms with van der Waals surface area (Å²) in [6, 6.07) is 7.88. The van der Waals surface area contributed by atoms with E-state index in [9.17, 15) is 4.79 Å². The molecule has 0 aromatic carbocycles. The van der Waals surface area contributed by atoms with Crippen LogP contribution < -0.4 is 4.74 Å². The fourth-order valence-corrected chi connectivity index (χ4v) is 3.82. The van der Waals surface area contributed by atoms with E-state index >= 15 is 0 Å². The molecule has 0 unspecified atom stereocenters. The third-order valence-corrected chi connectivity index (χ3v) is 5.04. The first kappa shape index (κ1) is 18.3. The molecule has 2 aromatic heterocycles. The van der Waals surface area contributed by atoms with Gasteiger partial charge in [0.1, 0.15) is 0 Å². The monoisotopic (exact) mass is 354 g/mol. The number of rotatable bonds is 5. The molecule has 1 saturated heterocycles. The molecule has 26 heavy (non-hydrogen) atoms. The Balaban J connectivity index is 1.75. The van der Waals surface area contributed by atoms with E-state index in [0.717, 1.165) is 18.7 Å². The van der Waals surface area contributed by atoms with Gasteiger partial charge in [-0.1, -0.05) is 6.07 Å². The van der Waals surface area contributed by atoms with Gasteiger partial charge in [0, 0.05) is 49.4 Å². The van der Waals surface area contributed by atoms with Gasteiger partial charge in [-0.2, -0.15) is 0 Å². The van der Waals surface area contributed by atoms with Crippen molar-refractivity contribution < 1.29 is 9.53 Å². The van der Waals surface area contributed by atoms with Crippen molar-refractivity contribution in [1.29, 1.82) is 0 Å². The van der Waals surface area contributed by atoms with Gasteiger partial charge in [0.2, 0.25) is 5.88 Å². The van der Waals surface area contributed by atoms with E-state index in [0.29, 0.717) is 23.9 Å². The van der Waals surface area contributed by atoms with Crippen LogP contribution in [0.5, 0.6) is 5.88 Å². The van der Waals surface area contributed by atoms with Crippen molar-refractivity contribution in [2.75, 3.05) is 34.3 Å². The largest absolute Gasteiger partial charge is 0.481 e. The fourth-order valence-electron chi connectivity index (χ4n) is 3.82. The molecule has 138 valence electrons. The lowest BCUT2D eigenvalue weighted by molar-refractivity contribution is 0.0760. The maximum absolute atomic E-state index is 12.9. The molecule has 0 aliphatic carbocycles. The summed E-state index contributed by atoms with van der Waals surface area (Å²) in [5, 5.41) is 0. The molecular weight excluding hydrogens is 328 g/mol. The summed E-state index contributed by atoms with van der Waals surface area (Å²) in [5.41, 5.74) is 2.59. The predicted molar refractivity (Wildman–Crippen MR) is 100 cm³/mol. The summed E-state index contributed by atoms with van der Waals surface area (Å²) in [6.07, 6.45) is 4.78. The highest BCUT2D eigenvalue weighted by Gasteiger charge is 2.34. The van der Waals surface area contributed by atoms with Crippen LogP contribution in [0.15, 0.2) is 36.7 Å². The number of carbonyl (C=O) groups is 1. The Morgan fingerprint density at radius 3 is 2.92 bits per heavy atom. The average molecular weight is 354 g/mol. The van der Waals surface area contributed by atoms with Crippen LogP contribution in [0, 0.1) is 12.8 Å². The van der Waals surface area contributed by atoms with Gasteiger partial charge in [-0.05, 0) is 50.6 Å². The number of carbonyl (C=O) groups excluding carboxylic acids is 1. The molecule has 0 saturated carbocycles. The molecule has 1 aliphatic heterocycles. The summed E-state index contributed by atoms with van der Waals surface area (Å²) in [4.78, 5) is 25.6. The van der Waals surface area contributed by atoms with Gasteiger partial charge in [0.25, 0.3) is 5.91 Å². The Morgan fingerprint density at radius 1 is 1.42 bits per heavy atom. The second kappa shape index (κ2) is 7.83. The first-order chi connectivity index (χ1) is 12.5. The molecule has 6 nitrogen and oxygen atoms in total. The van der Waals surface area contributed by atoms with Gasteiger partial charge in [0.05, 0.1) is 7.11 Å². The second-order valence-electron chi connectivity index (χ2n) is 6.99. The number of aryl methyl sites for hydroxylation is 1. The normalized spacial score (nSPS) is 20.2. The maximum Gasteiger partial charge on any atom is 0.253 e.